The second-order valence-electron chi connectivity index (χ2n) is 5.51. The number of carbonyl (C=O) groups excluding carboxylic acids is 1. The molecule has 0 aromatic heterocycles. The summed E-state index contributed by atoms with van der Waals surface area (Å²) < 4.78 is 0. The van der Waals surface area contributed by atoms with Gasteiger partial charge in [-0.3, -0.25) is 10.6 Å². The van der Waals surface area contributed by atoms with Crippen LogP contribution in [-0.4, -0.2) is 11.9 Å². The Kier molecular flexibility index (Phi) is 4.80. The van der Waals surface area contributed by atoms with Gasteiger partial charge in [-0.1, -0.05) is 19.8 Å². The van der Waals surface area contributed by atoms with E-state index >= 15 is 0 Å². The smallest absolute Gasteiger partial charge is 0.251 e. The van der Waals surface area contributed by atoms with Crippen LogP contribution in [0, 0.1) is 5.92 Å². The van der Waals surface area contributed by atoms with Crippen molar-refractivity contribution >= 4 is 11.6 Å². The van der Waals surface area contributed by atoms with Crippen LogP contribution < -0.4 is 16.6 Å². The van der Waals surface area contributed by atoms with Crippen LogP contribution in [0.5, 0.6) is 0 Å². The SMILES string of the molecule is CC1CCCC(NC(=O)c2ccc(NN)cc2)CC1. The van der Waals surface area contributed by atoms with E-state index in [-0.39, 0.29) is 5.91 Å². The minimum absolute atomic E-state index is 0.0168. The fourth-order valence-corrected chi connectivity index (χ4v) is 2.62. The number of amides is 1. The standard InChI is InChI=1S/C15H23N3O/c1-11-3-2-4-13(8-5-11)17-15(19)12-6-9-14(18-16)10-7-12/h6-7,9-11,13,18H,2-5,8,16H2,1H3,(H,17,19). The molecule has 4 N–H and O–H groups in total. The molecule has 0 heterocycles. The van der Waals surface area contributed by atoms with E-state index in [4.69, 9.17) is 5.84 Å². The minimum atomic E-state index is 0.0168. The van der Waals surface area contributed by atoms with Gasteiger partial charge in [0.1, 0.15) is 0 Å². The molecule has 2 unspecified atom stereocenters. The van der Waals surface area contributed by atoms with E-state index < -0.39 is 0 Å². The molecule has 4 heteroatoms. The third-order valence-electron chi connectivity index (χ3n) is 3.91. The Morgan fingerprint density at radius 2 is 1.89 bits per heavy atom. The minimum Gasteiger partial charge on any atom is -0.349 e. The Bertz CT molecular complexity index is 416. The molecular formula is C15H23N3O. The van der Waals surface area contributed by atoms with Gasteiger partial charge in [-0.15, -0.1) is 0 Å². The lowest BCUT2D eigenvalue weighted by molar-refractivity contribution is 0.0933. The van der Waals surface area contributed by atoms with Crippen molar-refractivity contribution in [3.63, 3.8) is 0 Å². The zero-order valence-electron chi connectivity index (χ0n) is 11.5. The first-order valence-electron chi connectivity index (χ1n) is 7.06. The van der Waals surface area contributed by atoms with Crippen LogP contribution in [0.15, 0.2) is 24.3 Å². The van der Waals surface area contributed by atoms with Gasteiger partial charge < -0.3 is 10.7 Å². The van der Waals surface area contributed by atoms with Gasteiger partial charge in [0.05, 0.1) is 0 Å². The number of nitrogens with one attached hydrogen (secondary N) is 2. The molecule has 0 aliphatic heterocycles. The highest BCUT2D eigenvalue weighted by molar-refractivity contribution is 5.94. The second-order valence-corrected chi connectivity index (χ2v) is 5.51. The molecule has 2 atom stereocenters. The molecule has 1 saturated carbocycles. The lowest BCUT2D eigenvalue weighted by Crippen LogP contribution is -2.34. The van der Waals surface area contributed by atoms with Gasteiger partial charge in [0.25, 0.3) is 5.91 Å². The molecule has 1 fully saturated rings. The van der Waals surface area contributed by atoms with E-state index in [9.17, 15) is 4.79 Å². The molecule has 2 rings (SSSR count). The molecule has 1 aromatic carbocycles. The largest absolute Gasteiger partial charge is 0.349 e. The Labute approximate surface area is 114 Å². The average Bonchev–Trinajstić information content (AvgIpc) is 2.64. The molecule has 0 saturated heterocycles. The average molecular weight is 261 g/mol. The predicted octanol–water partition coefficient (Wildman–Crippen LogP) is 2.67. The van der Waals surface area contributed by atoms with Crippen LogP contribution in [-0.2, 0) is 0 Å². The van der Waals surface area contributed by atoms with Crippen LogP contribution in [0.1, 0.15) is 49.4 Å². The fourth-order valence-electron chi connectivity index (χ4n) is 2.62. The monoisotopic (exact) mass is 261 g/mol. The number of carbonyl (C=O) groups is 1. The molecule has 19 heavy (non-hydrogen) atoms. The van der Waals surface area contributed by atoms with Crippen molar-refractivity contribution in [2.75, 3.05) is 5.43 Å². The van der Waals surface area contributed by atoms with Crippen LogP contribution in [0.25, 0.3) is 0 Å². The molecule has 1 aliphatic carbocycles. The second kappa shape index (κ2) is 6.57. The summed E-state index contributed by atoms with van der Waals surface area (Å²) in [6.45, 7) is 2.29. The zero-order valence-corrected chi connectivity index (χ0v) is 11.5. The number of anilines is 1. The molecule has 1 aromatic rings. The maximum atomic E-state index is 12.1. The summed E-state index contributed by atoms with van der Waals surface area (Å²) in [5.41, 5.74) is 4.05. The van der Waals surface area contributed by atoms with E-state index in [0.29, 0.717) is 11.6 Å². The maximum absolute atomic E-state index is 12.1. The number of hydrogen-bond donors (Lipinski definition) is 3. The first-order chi connectivity index (χ1) is 9.19. The topological polar surface area (TPSA) is 67.2 Å². The van der Waals surface area contributed by atoms with E-state index in [2.05, 4.69) is 17.7 Å². The summed E-state index contributed by atoms with van der Waals surface area (Å²) in [5.74, 6) is 6.11. The first-order valence-corrected chi connectivity index (χ1v) is 7.06. The van der Waals surface area contributed by atoms with Crippen LogP contribution in [0.2, 0.25) is 0 Å². The van der Waals surface area contributed by atoms with Crippen LogP contribution in [0.4, 0.5) is 5.69 Å². The molecule has 104 valence electrons. The fraction of sp³-hybridized carbons (Fsp3) is 0.533. The van der Waals surface area contributed by atoms with Crippen molar-refractivity contribution in [1.82, 2.24) is 5.32 Å². The number of hydrogen-bond acceptors (Lipinski definition) is 3. The highest BCUT2D eigenvalue weighted by Gasteiger charge is 2.18. The molecule has 1 aliphatic rings. The molecular weight excluding hydrogens is 238 g/mol. The molecule has 4 nitrogen and oxygen atoms in total. The van der Waals surface area contributed by atoms with Crippen molar-refractivity contribution in [3.05, 3.63) is 29.8 Å². The van der Waals surface area contributed by atoms with Gasteiger partial charge in [-0.2, -0.15) is 0 Å². The summed E-state index contributed by atoms with van der Waals surface area (Å²) in [7, 11) is 0. The van der Waals surface area contributed by atoms with E-state index in [1.807, 2.05) is 12.1 Å². The Balaban J connectivity index is 1.92. The van der Waals surface area contributed by atoms with Gasteiger partial charge in [0.2, 0.25) is 0 Å². The summed E-state index contributed by atoms with van der Waals surface area (Å²) in [4.78, 5) is 12.1. The van der Waals surface area contributed by atoms with Gasteiger partial charge in [0.15, 0.2) is 0 Å². The summed E-state index contributed by atoms with van der Waals surface area (Å²) in [6.07, 6.45) is 5.89. The lowest BCUT2D eigenvalue weighted by atomic mass is 10.0. The summed E-state index contributed by atoms with van der Waals surface area (Å²) >= 11 is 0. The van der Waals surface area contributed by atoms with Crippen molar-refractivity contribution in [3.8, 4) is 0 Å². The van der Waals surface area contributed by atoms with Crippen molar-refractivity contribution in [2.45, 2.75) is 45.1 Å². The van der Waals surface area contributed by atoms with Crippen molar-refractivity contribution in [2.24, 2.45) is 11.8 Å². The van der Waals surface area contributed by atoms with Crippen LogP contribution in [0.3, 0.4) is 0 Å². The number of rotatable bonds is 3. The number of hydrazine groups is 1. The number of benzene rings is 1. The molecule has 0 radical (unpaired) electrons. The van der Waals surface area contributed by atoms with Gasteiger partial charge in [0, 0.05) is 17.3 Å². The van der Waals surface area contributed by atoms with Gasteiger partial charge in [-0.05, 0) is 49.4 Å². The van der Waals surface area contributed by atoms with E-state index in [0.717, 1.165) is 24.4 Å². The molecule has 1 amide bonds. The third kappa shape index (κ3) is 3.96. The van der Waals surface area contributed by atoms with E-state index in [1.54, 1.807) is 12.1 Å². The highest BCUT2D eigenvalue weighted by Crippen LogP contribution is 2.22. The molecule has 0 bridgehead atoms. The first kappa shape index (κ1) is 13.9. The Morgan fingerprint density at radius 3 is 2.58 bits per heavy atom. The van der Waals surface area contributed by atoms with Gasteiger partial charge >= 0.3 is 0 Å². The number of nitrogens with two attached hydrogens (primary N) is 1. The predicted molar refractivity (Wildman–Crippen MR) is 77.8 cm³/mol. The highest BCUT2D eigenvalue weighted by atomic mass is 16.1. The lowest BCUT2D eigenvalue weighted by Gasteiger charge is -2.16. The normalized spacial score (nSPS) is 23.5. The maximum Gasteiger partial charge on any atom is 0.251 e. The van der Waals surface area contributed by atoms with Crippen molar-refractivity contribution in [1.29, 1.82) is 0 Å². The quantitative estimate of drug-likeness (QED) is 0.445. The van der Waals surface area contributed by atoms with Crippen LogP contribution >= 0.6 is 0 Å². The Hall–Kier alpha value is -1.55. The molecule has 0 spiro atoms. The third-order valence-corrected chi connectivity index (χ3v) is 3.91. The van der Waals surface area contributed by atoms with Crippen molar-refractivity contribution < 1.29 is 4.79 Å². The summed E-state index contributed by atoms with van der Waals surface area (Å²) in [6, 6.07) is 7.53. The van der Waals surface area contributed by atoms with E-state index in [1.165, 1.54) is 19.3 Å². The Morgan fingerprint density at radius 1 is 1.16 bits per heavy atom. The zero-order chi connectivity index (χ0) is 13.7. The summed E-state index contributed by atoms with van der Waals surface area (Å²) in [5, 5.41) is 3.14. The number of nitrogen functional groups attached to an aromatic ring is 1. The van der Waals surface area contributed by atoms with Gasteiger partial charge in [-0.25, -0.2) is 0 Å².